The van der Waals surface area contributed by atoms with Gasteiger partial charge in [-0.2, -0.15) is 11.8 Å². The Morgan fingerprint density at radius 2 is 2.11 bits per heavy atom. The molecular formula is C14H21N3OS. The van der Waals surface area contributed by atoms with Gasteiger partial charge in [-0.25, -0.2) is 4.98 Å². The Hall–Kier alpha value is -1.23. The van der Waals surface area contributed by atoms with Gasteiger partial charge in [-0.15, -0.1) is 0 Å². The van der Waals surface area contributed by atoms with Crippen molar-refractivity contribution >= 4 is 23.5 Å². The Labute approximate surface area is 119 Å². The third kappa shape index (κ3) is 3.62. The van der Waals surface area contributed by atoms with E-state index in [0.717, 1.165) is 54.6 Å². The Morgan fingerprint density at radius 1 is 1.37 bits per heavy atom. The zero-order valence-corrected chi connectivity index (χ0v) is 12.4. The molecule has 2 heterocycles. The lowest BCUT2D eigenvalue weighted by molar-refractivity contribution is 0.0772. The molecule has 1 N–H and O–H groups in total. The van der Waals surface area contributed by atoms with Gasteiger partial charge in [0, 0.05) is 42.4 Å². The zero-order valence-electron chi connectivity index (χ0n) is 11.6. The van der Waals surface area contributed by atoms with E-state index in [1.165, 1.54) is 0 Å². The second kappa shape index (κ2) is 6.80. The van der Waals surface area contributed by atoms with Crippen LogP contribution < -0.4 is 5.32 Å². The summed E-state index contributed by atoms with van der Waals surface area (Å²) in [6, 6.07) is 3.79. The summed E-state index contributed by atoms with van der Waals surface area (Å²) in [5, 5.41) is 3.19. The fourth-order valence-electron chi connectivity index (χ4n) is 2.11. The molecule has 1 aromatic heterocycles. The molecule has 0 aliphatic carbocycles. The third-order valence-corrected chi connectivity index (χ3v) is 4.09. The average molecular weight is 279 g/mol. The number of aromatic nitrogens is 1. The van der Waals surface area contributed by atoms with Crippen LogP contribution in [0.3, 0.4) is 0 Å². The second-order valence-electron chi connectivity index (χ2n) is 4.52. The largest absolute Gasteiger partial charge is 0.370 e. The van der Waals surface area contributed by atoms with Gasteiger partial charge >= 0.3 is 0 Å². The monoisotopic (exact) mass is 279 g/mol. The molecule has 1 fully saturated rings. The van der Waals surface area contributed by atoms with Crippen LogP contribution in [0.4, 0.5) is 5.82 Å². The van der Waals surface area contributed by atoms with Gasteiger partial charge in [0.1, 0.15) is 5.82 Å². The van der Waals surface area contributed by atoms with Crippen molar-refractivity contribution in [2.45, 2.75) is 20.3 Å². The Morgan fingerprint density at radius 3 is 2.74 bits per heavy atom. The quantitative estimate of drug-likeness (QED) is 0.918. The number of anilines is 1. The van der Waals surface area contributed by atoms with Gasteiger partial charge in [0.25, 0.3) is 5.91 Å². The second-order valence-corrected chi connectivity index (χ2v) is 5.75. The minimum atomic E-state index is 0.136. The van der Waals surface area contributed by atoms with Crippen molar-refractivity contribution in [3.63, 3.8) is 0 Å². The molecule has 0 radical (unpaired) electrons. The molecule has 1 aliphatic rings. The van der Waals surface area contributed by atoms with Crippen LogP contribution in [0.5, 0.6) is 0 Å². The summed E-state index contributed by atoms with van der Waals surface area (Å²) in [5.41, 5.74) is 1.72. The standard InChI is InChI=1S/C14H21N3OS/c1-3-12-9-11(10-13(16-12)15-4-2)14(18)17-5-7-19-8-6-17/h9-10H,3-8H2,1-2H3,(H,15,16). The molecule has 1 aromatic rings. The van der Waals surface area contributed by atoms with E-state index in [4.69, 9.17) is 0 Å². The predicted octanol–water partition coefficient (Wildman–Crippen LogP) is 2.26. The van der Waals surface area contributed by atoms with Crippen molar-refractivity contribution in [2.75, 3.05) is 36.5 Å². The molecular weight excluding hydrogens is 258 g/mol. The van der Waals surface area contributed by atoms with Crippen molar-refractivity contribution in [2.24, 2.45) is 0 Å². The number of nitrogens with one attached hydrogen (secondary N) is 1. The van der Waals surface area contributed by atoms with Crippen LogP contribution in [0.25, 0.3) is 0 Å². The molecule has 5 heteroatoms. The molecule has 0 aromatic carbocycles. The number of carbonyl (C=O) groups is 1. The predicted molar refractivity (Wildman–Crippen MR) is 81.0 cm³/mol. The minimum Gasteiger partial charge on any atom is -0.370 e. The Bertz CT molecular complexity index is 444. The first-order valence-corrected chi connectivity index (χ1v) is 8.02. The summed E-state index contributed by atoms with van der Waals surface area (Å²) in [6.45, 7) is 6.61. The van der Waals surface area contributed by atoms with Crippen LogP contribution in [0.15, 0.2) is 12.1 Å². The van der Waals surface area contributed by atoms with Gasteiger partial charge in [0.05, 0.1) is 0 Å². The maximum atomic E-state index is 12.5. The van der Waals surface area contributed by atoms with E-state index in [-0.39, 0.29) is 5.91 Å². The summed E-state index contributed by atoms with van der Waals surface area (Å²) in [5.74, 6) is 3.02. The van der Waals surface area contributed by atoms with Gasteiger partial charge in [-0.05, 0) is 25.5 Å². The summed E-state index contributed by atoms with van der Waals surface area (Å²) >= 11 is 1.91. The first-order valence-electron chi connectivity index (χ1n) is 6.86. The Balaban J connectivity index is 2.21. The molecule has 104 valence electrons. The first kappa shape index (κ1) is 14.2. The molecule has 1 aliphatic heterocycles. The van der Waals surface area contributed by atoms with Crippen molar-refractivity contribution in [3.05, 3.63) is 23.4 Å². The average Bonchev–Trinajstić information content (AvgIpc) is 2.47. The molecule has 0 unspecified atom stereocenters. The smallest absolute Gasteiger partial charge is 0.254 e. The van der Waals surface area contributed by atoms with Crippen LogP contribution in [0, 0.1) is 0 Å². The number of hydrogen-bond donors (Lipinski definition) is 1. The molecule has 0 atom stereocenters. The van der Waals surface area contributed by atoms with Crippen LogP contribution in [-0.2, 0) is 6.42 Å². The molecule has 4 nitrogen and oxygen atoms in total. The minimum absolute atomic E-state index is 0.136. The van der Waals surface area contributed by atoms with E-state index < -0.39 is 0 Å². The summed E-state index contributed by atoms with van der Waals surface area (Å²) in [6.07, 6.45) is 0.843. The molecule has 19 heavy (non-hydrogen) atoms. The number of amides is 1. The molecule has 0 spiro atoms. The highest BCUT2D eigenvalue weighted by molar-refractivity contribution is 7.99. The van der Waals surface area contributed by atoms with E-state index in [1.54, 1.807) is 0 Å². The molecule has 2 rings (SSSR count). The highest BCUT2D eigenvalue weighted by Crippen LogP contribution is 2.16. The van der Waals surface area contributed by atoms with Gasteiger partial charge < -0.3 is 10.2 Å². The lowest BCUT2D eigenvalue weighted by atomic mass is 10.1. The zero-order chi connectivity index (χ0) is 13.7. The van der Waals surface area contributed by atoms with Crippen molar-refractivity contribution in [3.8, 4) is 0 Å². The van der Waals surface area contributed by atoms with Crippen LogP contribution in [0.2, 0.25) is 0 Å². The number of hydrogen-bond acceptors (Lipinski definition) is 4. The normalized spacial score (nSPS) is 15.4. The first-order chi connectivity index (χ1) is 9.24. The third-order valence-electron chi connectivity index (χ3n) is 3.14. The molecule has 1 saturated heterocycles. The van der Waals surface area contributed by atoms with Crippen molar-refractivity contribution in [1.29, 1.82) is 0 Å². The lowest BCUT2D eigenvalue weighted by Crippen LogP contribution is -2.38. The van der Waals surface area contributed by atoms with Crippen molar-refractivity contribution < 1.29 is 4.79 Å². The molecule has 0 bridgehead atoms. The van der Waals surface area contributed by atoms with Crippen LogP contribution in [-0.4, -0.2) is 46.9 Å². The number of rotatable bonds is 4. The number of pyridine rings is 1. The van der Waals surface area contributed by atoms with Crippen molar-refractivity contribution in [1.82, 2.24) is 9.88 Å². The van der Waals surface area contributed by atoms with E-state index in [2.05, 4.69) is 17.2 Å². The van der Waals surface area contributed by atoms with E-state index in [9.17, 15) is 4.79 Å². The summed E-state index contributed by atoms with van der Waals surface area (Å²) in [4.78, 5) is 18.9. The lowest BCUT2D eigenvalue weighted by Gasteiger charge is -2.26. The Kier molecular flexibility index (Phi) is 5.07. The van der Waals surface area contributed by atoms with E-state index >= 15 is 0 Å². The van der Waals surface area contributed by atoms with Crippen LogP contribution >= 0.6 is 11.8 Å². The number of carbonyl (C=O) groups excluding carboxylic acids is 1. The van der Waals surface area contributed by atoms with Crippen LogP contribution in [0.1, 0.15) is 29.9 Å². The van der Waals surface area contributed by atoms with E-state index in [0.29, 0.717) is 0 Å². The summed E-state index contributed by atoms with van der Waals surface area (Å²) < 4.78 is 0. The fourth-order valence-corrected chi connectivity index (χ4v) is 3.02. The number of thioether (sulfide) groups is 1. The SMILES string of the molecule is CCNc1cc(C(=O)N2CCSCC2)cc(CC)n1. The summed E-state index contributed by atoms with van der Waals surface area (Å²) in [7, 11) is 0. The van der Waals surface area contributed by atoms with Gasteiger partial charge in [0.2, 0.25) is 0 Å². The maximum absolute atomic E-state index is 12.5. The fraction of sp³-hybridized carbons (Fsp3) is 0.571. The molecule has 0 saturated carbocycles. The van der Waals surface area contributed by atoms with Gasteiger partial charge in [-0.3, -0.25) is 4.79 Å². The van der Waals surface area contributed by atoms with E-state index in [1.807, 2.05) is 35.7 Å². The maximum Gasteiger partial charge on any atom is 0.254 e. The number of aryl methyl sites for hydroxylation is 1. The highest BCUT2D eigenvalue weighted by Gasteiger charge is 2.19. The topological polar surface area (TPSA) is 45.2 Å². The van der Waals surface area contributed by atoms with Gasteiger partial charge in [0.15, 0.2) is 0 Å². The highest BCUT2D eigenvalue weighted by atomic mass is 32.2. The molecule has 1 amide bonds. The van der Waals surface area contributed by atoms with Gasteiger partial charge in [-0.1, -0.05) is 6.92 Å². The number of nitrogens with zero attached hydrogens (tertiary/aromatic N) is 2.